The van der Waals surface area contributed by atoms with E-state index in [-0.39, 0.29) is 5.89 Å². The van der Waals surface area contributed by atoms with Crippen molar-refractivity contribution in [1.82, 2.24) is 15.2 Å². The molecule has 0 bridgehead atoms. The van der Waals surface area contributed by atoms with Crippen LogP contribution in [0, 0.1) is 6.92 Å². The van der Waals surface area contributed by atoms with E-state index in [4.69, 9.17) is 13.9 Å². The molecule has 0 aliphatic carbocycles. The van der Waals surface area contributed by atoms with Crippen molar-refractivity contribution < 1.29 is 18.7 Å². The van der Waals surface area contributed by atoms with Crippen LogP contribution in [0.3, 0.4) is 0 Å². The van der Waals surface area contributed by atoms with Gasteiger partial charge in [0.2, 0.25) is 5.89 Å². The third-order valence-electron chi connectivity index (χ3n) is 4.78. The molecule has 1 unspecified atom stereocenters. The van der Waals surface area contributed by atoms with Gasteiger partial charge in [-0.05, 0) is 61.9 Å². The number of benzene rings is 2. The number of ether oxygens (including phenoxy) is 2. The van der Waals surface area contributed by atoms with Gasteiger partial charge in [0.1, 0.15) is 12.4 Å². The van der Waals surface area contributed by atoms with E-state index in [0.717, 1.165) is 28.1 Å². The van der Waals surface area contributed by atoms with Crippen LogP contribution in [0.2, 0.25) is 0 Å². The van der Waals surface area contributed by atoms with E-state index >= 15 is 0 Å². The average molecular weight is 441 g/mol. The Kier molecular flexibility index (Phi) is 6.90. The predicted octanol–water partition coefficient (Wildman–Crippen LogP) is 5.34. The third-order valence-corrected chi connectivity index (χ3v) is 4.78. The van der Waals surface area contributed by atoms with Gasteiger partial charge in [0.25, 0.3) is 5.89 Å². The Morgan fingerprint density at radius 1 is 1.03 bits per heavy atom. The highest BCUT2D eigenvalue weighted by atomic mass is 16.6. The van der Waals surface area contributed by atoms with Gasteiger partial charge < -0.3 is 13.9 Å². The number of carbonyl (C=O) groups is 1. The lowest BCUT2D eigenvalue weighted by atomic mass is 10.1. The molecule has 4 aromatic rings. The molecular weight excluding hydrogens is 418 g/mol. The van der Waals surface area contributed by atoms with E-state index in [0.29, 0.717) is 12.5 Å². The summed E-state index contributed by atoms with van der Waals surface area (Å²) in [6.07, 6.45) is 4.09. The fraction of sp³-hybridized carbons (Fsp3) is 0.154. The molecule has 0 saturated heterocycles. The molecule has 2 aromatic heterocycles. The van der Waals surface area contributed by atoms with Crippen LogP contribution in [0.25, 0.3) is 17.5 Å². The van der Waals surface area contributed by atoms with Gasteiger partial charge in [0.15, 0.2) is 6.10 Å². The van der Waals surface area contributed by atoms with Crippen LogP contribution in [0.1, 0.15) is 35.7 Å². The first-order valence-corrected chi connectivity index (χ1v) is 10.5. The van der Waals surface area contributed by atoms with E-state index in [1.54, 1.807) is 19.2 Å². The third kappa shape index (κ3) is 6.13. The maximum atomic E-state index is 12.2. The molecule has 4 rings (SSSR count). The summed E-state index contributed by atoms with van der Waals surface area (Å²) < 4.78 is 16.8. The molecule has 0 amide bonds. The van der Waals surface area contributed by atoms with Crippen molar-refractivity contribution in [3.05, 3.63) is 102 Å². The molecule has 33 heavy (non-hydrogen) atoms. The lowest BCUT2D eigenvalue weighted by Gasteiger charge is -2.07. The number of nitrogens with zero attached hydrogens (tertiary/aromatic N) is 3. The fourth-order valence-corrected chi connectivity index (χ4v) is 2.96. The van der Waals surface area contributed by atoms with Crippen LogP contribution in [0.5, 0.6) is 5.75 Å². The summed E-state index contributed by atoms with van der Waals surface area (Å²) in [5, 5.41) is 8.04. The summed E-state index contributed by atoms with van der Waals surface area (Å²) in [5.74, 6) is 0.832. The van der Waals surface area contributed by atoms with Crippen molar-refractivity contribution >= 4 is 12.0 Å². The lowest BCUT2D eigenvalue weighted by Crippen LogP contribution is -2.06. The van der Waals surface area contributed by atoms with Crippen LogP contribution >= 0.6 is 0 Å². The fourth-order valence-electron chi connectivity index (χ4n) is 2.96. The molecule has 0 fully saturated rings. The van der Waals surface area contributed by atoms with Gasteiger partial charge in [-0.15, -0.1) is 10.2 Å². The number of carbonyl (C=O) groups excluding carboxylic acids is 1. The molecule has 1 atom stereocenters. The minimum Gasteiger partial charge on any atom is -0.487 e. The summed E-state index contributed by atoms with van der Waals surface area (Å²) >= 11 is 0. The van der Waals surface area contributed by atoms with Gasteiger partial charge in [0, 0.05) is 17.8 Å². The van der Waals surface area contributed by atoms with Crippen molar-refractivity contribution in [2.24, 2.45) is 0 Å². The minimum atomic E-state index is -0.670. The van der Waals surface area contributed by atoms with E-state index in [9.17, 15) is 4.79 Å². The molecule has 0 aliphatic rings. The van der Waals surface area contributed by atoms with Gasteiger partial charge in [-0.1, -0.05) is 35.9 Å². The van der Waals surface area contributed by atoms with E-state index < -0.39 is 12.1 Å². The number of pyridine rings is 1. The zero-order valence-electron chi connectivity index (χ0n) is 18.3. The van der Waals surface area contributed by atoms with Crippen LogP contribution in [-0.4, -0.2) is 21.2 Å². The number of aromatic nitrogens is 3. The Balaban J connectivity index is 1.29. The van der Waals surface area contributed by atoms with Gasteiger partial charge in [-0.2, -0.15) is 0 Å². The van der Waals surface area contributed by atoms with Crippen LogP contribution in [0.4, 0.5) is 0 Å². The first kappa shape index (κ1) is 22.0. The second kappa shape index (κ2) is 10.4. The Morgan fingerprint density at radius 2 is 1.82 bits per heavy atom. The molecular formula is C26H23N3O4. The van der Waals surface area contributed by atoms with Gasteiger partial charge in [-0.25, -0.2) is 4.79 Å². The van der Waals surface area contributed by atoms with Gasteiger partial charge in [0.05, 0.1) is 5.69 Å². The Bertz CT molecular complexity index is 1220. The smallest absolute Gasteiger partial charge is 0.331 e. The summed E-state index contributed by atoms with van der Waals surface area (Å²) in [6, 6.07) is 20.8. The Hall–Kier alpha value is -4.26. The van der Waals surface area contributed by atoms with Gasteiger partial charge in [-0.3, -0.25) is 4.98 Å². The van der Waals surface area contributed by atoms with Crippen LogP contribution in [0.15, 0.2) is 83.4 Å². The summed E-state index contributed by atoms with van der Waals surface area (Å²) in [7, 11) is 0. The Labute approximate surface area is 191 Å². The van der Waals surface area contributed by atoms with Crippen LogP contribution < -0.4 is 4.74 Å². The maximum Gasteiger partial charge on any atom is 0.331 e. The number of esters is 1. The highest BCUT2D eigenvalue weighted by Gasteiger charge is 2.18. The zero-order chi connectivity index (χ0) is 23.0. The van der Waals surface area contributed by atoms with Crippen molar-refractivity contribution in [2.75, 3.05) is 0 Å². The van der Waals surface area contributed by atoms with Crippen molar-refractivity contribution in [3.8, 4) is 17.2 Å². The maximum absolute atomic E-state index is 12.2. The van der Waals surface area contributed by atoms with E-state index in [1.165, 1.54) is 6.08 Å². The monoisotopic (exact) mass is 441 g/mol. The number of hydrogen-bond acceptors (Lipinski definition) is 7. The SMILES string of the molecule is Cc1ccc(-c2nnc(C(C)OC(=O)/C=C/c3ccc(OCc4ccccn4)cc3)o2)cc1. The highest BCUT2D eigenvalue weighted by molar-refractivity contribution is 5.87. The van der Waals surface area contributed by atoms with Gasteiger partial charge >= 0.3 is 5.97 Å². The summed E-state index contributed by atoms with van der Waals surface area (Å²) in [5.41, 5.74) is 3.64. The molecule has 0 spiro atoms. The first-order valence-electron chi connectivity index (χ1n) is 10.5. The predicted molar refractivity (Wildman–Crippen MR) is 123 cm³/mol. The minimum absolute atomic E-state index is 0.238. The standard InChI is InChI=1S/C26H23N3O4/c1-18-6-11-21(12-7-18)26-29-28-25(33-26)19(2)32-24(30)15-10-20-8-13-23(14-9-20)31-17-22-5-3-4-16-27-22/h3-16,19H,17H2,1-2H3/b15-10+. The topological polar surface area (TPSA) is 87.3 Å². The second-order valence-electron chi connectivity index (χ2n) is 7.40. The molecule has 166 valence electrons. The summed E-state index contributed by atoms with van der Waals surface area (Å²) in [6.45, 7) is 4.08. The Morgan fingerprint density at radius 3 is 2.55 bits per heavy atom. The molecule has 2 heterocycles. The van der Waals surface area contributed by atoms with E-state index in [1.807, 2.05) is 73.7 Å². The van der Waals surface area contributed by atoms with Crippen molar-refractivity contribution in [1.29, 1.82) is 0 Å². The molecule has 7 heteroatoms. The number of aryl methyl sites for hydroxylation is 1. The quantitative estimate of drug-likeness (QED) is 0.269. The zero-order valence-corrected chi connectivity index (χ0v) is 18.3. The molecule has 0 N–H and O–H groups in total. The molecule has 2 aromatic carbocycles. The summed E-state index contributed by atoms with van der Waals surface area (Å²) in [4.78, 5) is 16.4. The highest BCUT2D eigenvalue weighted by Crippen LogP contribution is 2.23. The van der Waals surface area contributed by atoms with E-state index in [2.05, 4.69) is 15.2 Å². The van der Waals surface area contributed by atoms with Crippen molar-refractivity contribution in [2.45, 2.75) is 26.6 Å². The second-order valence-corrected chi connectivity index (χ2v) is 7.40. The van der Waals surface area contributed by atoms with Crippen molar-refractivity contribution in [3.63, 3.8) is 0 Å². The molecule has 0 aliphatic heterocycles. The largest absolute Gasteiger partial charge is 0.487 e. The lowest BCUT2D eigenvalue weighted by molar-refractivity contribution is -0.143. The first-order chi connectivity index (χ1) is 16.1. The van der Waals surface area contributed by atoms with Crippen LogP contribution in [-0.2, 0) is 16.1 Å². The molecule has 0 radical (unpaired) electrons. The molecule has 0 saturated carbocycles. The number of hydrogen-bond donors (Lipinski definition) is 0. The average Bonchev–Trinajstić information content (AvgIpc) is 3.34. The molecule has 7 nitrogen and oxygen atoms in total. The normalized spacial score (nSPS) is 11.9. The number of rotatable bonds is 8.